The molecule has 1 heterocycles. The van der Waals surface area contributed by atoms with Crippen molar-refractivity contribution < 1.29 is 19.2 Å². The third-order valence-electron chi connectivity index (χ3n) is 5.99. The first-order chi connectivity index (χ1) is 16.1. The normalized spacial score (nSPS) is 24.2. The summed E-state index contributed by atoms with van der Waals surface area (Å²) in [5.74, 6) is -3.43. The number of ketones is 1. The highest BCUT2D eigenvalue weighted by Crippen LogP contribution is 2.44. The van der Waals surface area contributed by atoms with E-state index in [0.29, 0.717) is 22.9 Å². The first-order valence-corrected chi connectivity index (χ1v) is 13.3. The van der Waals surface area contributed by atoms with Crippen LogP contribution in [0.1, 0.15) is 33.6 Å². The summed E-state index contributed by atoms with van der Waals surface area (Å²) in [7, 11) is 0. The van der Waals surface area contributed by atoms with Gasteiger partial charge in [0.2, 0.25) is 0 Å². The Morgan fingerprint density at radius 3 is 1.94 bits per heavy atom. The van der Waals surface area contributed by atoms with E-state index in [1.54, 1.807) is 12.1 Å². The summed E-state index contributed by atoms with van der Waals surface area (Å²) in [6.45, 7) is -0.536. The second kappa shape index (κ2) is 10.3. The Morgan fingerprint density at radius 1 is 0.882 bits per heavy atom. The van der Waals surface area contributed by atoms with E-state index >= 15 is 0 Å². The van der Waals surface area contributed by atoms with Crippen LogP contribution in [0.3, 0.4) is 0 Å². The number of carbonyl (C=O) groups excluding carboxylic acids is 4. The van der Waals surface area contributed by atoms with Crippen LogP contribution in [0.4, 0.5) is 0 Å². The summed E-state index contributed by atoms with van der Waals surface area (Å²) in [5, 5.41) is 2.51. The summed E-state index contributed by atoms with van der Waals surface area (Å²) >= 11 is 25.2. The maximum Gasteiger partial charge on any atom is 0.274 e. The van der Waals surface area contributed by atoms with Crippen LogP contribution in [0.2, 0.25) is 15.1 Å². The van der Waals surface area contributed by atoms with Gasteiger partial charge in [-0.15, -0.1) is 0 Å². The number of Topliss-reactive ketones (excluding diaryl/α,β-unsaturated/α-hetero) is 1. The molecule has 1 aliphatic carbocycles. The fraction of sp³-hybridized carbons (Fsp3) is 0.304. The van der Waals surface area contributed by atoms with Crippen molar-refractivity contribution in [2.75, 3.05) is 6.54 Å². The Kier molecular flexibility index (Phi) is 7.74. The molecule has 2 fully saturated rings. The van der Waals surface area contributed by atoms with Gasteiger partial charge in [0, 0.05) is 25.3 Å². The molecule has 4 rings (SSSR count). The minimum Gasteiger partial charge on any atom is -0.292 e. The molecular formula is C23H17Br2Cl3N2O4. The Balaban J connectivity index is 1.72. The van der Waals surface area contributed by atoms with E-state index in [1.807, 2.05) is 0 Å². The van der Waals surface area contributed by atoms with Gasteiger partial charge in [0.15, 0.2) is 5.78 Å². The minimum atomic E-state index is -0.755. The van der Waals surface area contributed by atoms with Crippen LogP contribution in [0.5, 0.6) is 0 Å². The number of hydrogen-bond acceptors (Lipinski definition) is 4. The summed E-state index contributed by atoms with van der Waals surface area (Å²) in [6, 6.07) is 10.4. The van der Waals surface area contributed by atoms with E-state index in [0.717, 1.165) is 10.0 Å². The minimum absolute atomic E-state index is 0.00369. The van der Waals surface area contributed by atoms with Crippen LogP contribution >= 0.6 is 66.7 Å². The maximum atomic E-state index is 13.6. The van der Waals surface area contributed by atoms with E-state index in [4.69, 9.17) is 34.8 Å². The van der Waals surface area contributed by atoms with Crippen molar-refractivity contribution in [1.29, 1.82) is 0 Å². The van der Waals surface area contributed by atoms with E-state index in [1.165, 1.54) is 30.3 Å². The van der Waals surface area contributed by atoms with Gasteiger partial charge in [-0.05, 0) is 55.3 Å². The molecule has 0 unspecified atom stereocenters. The molecular weight excluding hydrogens is 634 g/mol. The van der Waals surface area contributed by atoms with Crippen LogP contribution in [-0.4, -0.2) is 49.7 Å². The molecule has 2 aromatic carbocycles. The van der Waals surface area contributed by atoms with Gasteiger partial charge in [0.25, 0.3) is 17.7 Å². The SMILES string of the molecule is O=C(CN(C(=O)c1ccc(Cl)cc1Cl)N1C(=O)[C@H]2C[C@H](Br)[C@@H](Br)C[C@H]2C1=O)c1ccc(Cl)cc1. The fourth-order valence-corrected chi connectivity index (χ4v) is 6.07. The molecule has 3 amide bonds. The van der Waals surface area contributed by atoms with Gasteiger partial charge in [0.1, 0.15) is 6.54 Å². The zero-order valence-electron chi connectivity index (χ0n) is 17.4. The second-order valence-electron chi connectivity index (χ2n) is 8.12. The van der Waals surface area contributed by atoms with Crippen molar-refractivity contribution in [2.45, 2.75) is 22.5 Å². The van der Waals surface area contributed by atoms with E-state index in [-0.39, 0.29) is 25.8 Å². The molecule has 1 aliphatic heterocycles. The molecule has 4 atom stereocenters. The molecule has 2 aromatic rings. The average Bonchev–Trinajstić information content (AvgIpc) is 3.02. The highest BCUT2D eigenvalue weighted by Gasteiger charge is 2.54. The number of carbonyl (C=O) groups is 4. The Bertz CT molecular complexity index is 1150. The average molecular weight is 652 g/mol. The summed E-state index contributed by atoms with van der Waals surface area (Å²) in [5.41, 5.74) is 0.295. The monoisotopic (exact) mass is 648 g/mol. The Morgan fingerprint density at radius 2 is 1.41 bits per heavy atom. The van der Waals surface area contributed by atoms with Crippen molar-refractivity contribution in [3.63, 3.8) is 0 Å². The molecule has 178 valence electrons. The molecule has 1 saturated heterocycles. The number of nitrogens with zero attached hydrogens (tertiary/aromatic N) is 2. The molecule has 2 aliphatic rings. The lowest BCUT2D eigenvalue weighted by atomic mass is 9.81. The van der Waals surface area contributed by atoms with Crippen molar-refractivity contribution in [1.82, 2.24) is 10.0 Å². The predicted molar refractivity (Wildman–Crippen MR) is 137 cm³/mol. The van der Waals surface area contributed by atoms with Gasteiger partial charge >= 0.3 is 0 Å². The number of rotatable bonds is 5. The van der Waals surface area contributed by atoms with E-state index in [9.17, 15) is 19.2 Å². The first kappa shape index (κ1) is 25.6. The van der Waals surface area contributed by atoms with Crippen LogP contribution in [0.25, 0.3) is 0 Å². The highest BCUT2D eigenvalue weighted by atomic mass is 79.9. The highest BCUT2D eigenvalue weighted by molar-refractivity contribution is 9.12. The van der Waals surface area contributed by atoms with Gasteiger partial charge < -0.3 is 0 Å². The zero-order valence-corrected chi connectivity index (χ0v) is 22.8. The Hall–Kier alpha value is -1.45. The quantitative estimate of drug-likeness (QED) is 0.233. The number of fused-ring (bicyclic) bond motifs is 1. The summed E-state index contributed by atoms with van der Waals surface area (Å²) in [4.78, 5) is 53.4. The molecule has 0 N–H and O–H groups in total. The zero-order chi connectivity index (χ0) is 24.7. The summed E-state index contributed by atoms with van der Waals surface area (Å²) in [6.07, 6.45) is 0.854. The molecule has 11 heteroatoms. The Labute approximate surface area is 227 Å². The molecule has 0 spiro atoms. The van der Waals surface area contributed by atoms with Crippen molar-refractivity contribution in [3.8, 4) is 0 Å². The number of hydrazine groups is 1. The summed E-state index contributed by atoms with van der Waals surface area (Å²) < 4.78 is 0. The molecule has 0 aromatic heterocycles. The molecule has 0 radical (unpaired) electrons. The van der Waals surface area contributed by atoms with Gasteiger partial charge in [0.05, 0.1) is 22.4 Å². The number of alkyl halides is 2. The maximum absolute atomic E-state index is 13.6. The number of hydrogen-bond donors (Lipinski definition) is 0. The number of amides is 3. The largest absolute Gasteiger partial charge is 0.292 e. The van der Waals surface area contributed by atoms with Crippen molar-refractivity contribution >= 4 is 90.2 Å². The third kappa shape index (κ3) is 4.93. The van der Waals surface area contributed by atoms with Gasteiger partial charge in [-0.1, -0.05) is 66.7 Å². The van der Waals surface area contributed by atoms with Gasteiger partial charge in [-0.25, -0.2) is 5.01 Å². The second-order valence-corrected chi connectivity index (χ2v) is 11.8. The molecule has 0 bridgehead atoms. The van der Waals surface area contributed by atoms with E-state index in [2.05, 4.69) is 31.9 Å². The van der Waals surface area contributed by atoms with Crippen LogP contribution < -0.4 is 0 Å². The number of imide groups is 1. The molecule has 1 saturated carbocycles. The topological polar surface area (TPSA) is 74.8 Å². The smallest absolute Gasteiger partial charge is 0.274 e. The third-order valence-corrected chi connectivity index (χ3v) is 9.52. The number of halogens is 5. The van der Waals surface area contributed by atoms with Gasteiger partial charge in [-0.3, -0.25) is 19.2 Å². The van der Waals surface area contributed by atoms with Crippen LogP contribution in [-0.2, 0) is 9.59 Å². The van der Waals surface area contributed by atoms with Crippen LogP contribution in [0, 0.1) is 11.8 Å². The lowest BCUT2D eigenvalue weighted by Gasteiger charge is -2.30. The first-order valence-electron chi connectivity index (χ1n) is 10.3. The van der Waals surface area contributed by atoms with Crippen LogP contribution in [0.15, 0.2) is 42.5 Å². The lowest BCUT2D eigenvalue weighted by Crippen LogP contribution is -2.52. The fourth-order valence-electron chi connectivity index (χ4n) is 4.21. The lowest BCUT2D eigenvalue weighted by molar-refractivity contribution is -0.154. The molecule has 6 nitrogen and oxygen atoms in total. The predicted octanol–water partition coefficient (Wildman–Crippen LogP) is 5.81. The molecule has 34 heavy (non-hydrogen) atoms. The standard InChI is InChI=1S/C23H17Br2Cl3N2O4/c24-17-8-15-16(9-18(17)25)23(34)30(22(15)33)29(10-20(31)11-1-3-12(26)4-2-11)21(32)14-6-5-13(27)7-19(14)28/h1-7,15-18H,8-10H2/t15-,16+,17-,18-/m0/s1. The van der Waals surface area contributed by atoms with Gasteiger partial charge in [-0.2, -0.15) is 5.01 Å². The van der Waals surface area contributed by atoms with Crippen molar-refractivity contribution in [3.05, 3.63) is 68.7 Å². The van der Waals surface area contributed by atoms with Crippen molar-refractivity contribution in [2.24, 2.45) is 11.8 Å². The number of benzene rings is 2. The van der Waals surface area contributed by atoms with E-state index < -0.39 is 41.9 Å².